The molecule has 0 radical (unpaired) electrons. The van der Waals surface area contributed by atoms with Gasteiger partial charge in [-0.25, -0.2) is 13.6 Å². The molecule has 0 spiro atoms. The summed E-state index contributed by atoms with van der Waals surface area (Å²) in [6, 6.07) is 26.3. The third kappa shape index (κ3) is 6.27. The second kappa shape index (κ2) is 10.3. The van der Waals surface area contributed by atoms with Gasteiger partial charge in [-0.15, -0.1) is 11.8 Å². The Labute approximate surface area is 207 Å². The van der Waals surface area contributed by atoms with E-state index in [2.05, 4.69) is 10.6 Å². The number of carbonyl (C=O) groups excluding carboxylic acids is 2. The van der Waals surface area contributed by atoms with Crippen LogP contribution in [-0.4, -0.2) is 25.5 Å². The third-order valence-corrected chi connectivity index (χ3v) is 7.26. The minimum absolute atomic E-state index is 0.0273. The molecule has 0 saturated heterocycles. The summed E-state index contributed by atoms with van der Waals surface area (Å²) < 4.78 is 22.7. The molecule has 2 amide bonds. The van der Waals surface area contributed by atoms with Gasteiger partial charge in [-0.05, 0) is 72.3 Å². The van der Waals surface area contributed by atoms with Crippen molar-refractivity contribution < 1.29 is 18.0 Å². The summed E-state index contributed by atoms with van der Waals surface area (Å²) in [4.78, 5) is 26.2. The Bertz CT molecular complexity index is 1500. The number of hydrogen-bond acceptors (Lipinski definition) is 5. The summed E-state index contributed by atoms with van der Waals surface area (Å²) in [6.07, 6.45) is 0. The predicted molar refractivity (Wildman–Crippen MR) is 140 cm³/mol. The summed E-state index contributed by atoms with van der Waals surface area (Å²) in [6.45, 7) is 1.76. The zero-order valence-electron chi connectivity index (χ0n) is 18.8. The van der Waals surface area contributed by atoms with E-state index in [4.69, 9.17) is 5.14 Å². The van der Waals surface area contributed by atoms with Crippen molar-refractivity contribution in [2.24, 2.45) is 5.14 Å². The lowest BCUT2D eigenvalue weighted by molar-refractivity contribution is -0.115. The van der Waals surface area contributed by atoms with Crippen LogP contribution in [0, 0.1) is 0 Å². The second-order valence-electron chi connectivity index (χ2n) is 7.86. The first-order valence-electron chi connectivity index (χ1n) is 10.7. The molecule has 35 heavy (non-hydrogen) atoms. The van der Waals surface area contributed by atoms with E-state index in [9.17, 15) is 18.0 Å². The number of anilines is 2. The van der Waals surface area contributed by atoms with Crippen molar-refractivity contribution in [3.05, 3.63) is 96.6 Å². The SMILES string of the molecule is CC(Sc1cccc(NC(=O)c2ccc3ccccc3c2)c1)C(=O)Nc1ccc(S(N)(=O)=O)cc1. The van der Waals surface area contributed by atoms with Gasteiger partial charge in [-0.2, -0.15) is 0 Å². The lowest BCUT2D eigenvalue weighted by Gasteiger charge is -2.13. The van der Waals surface area contributed by atoms with Crippen molar-refractivity contribution in [1.29, 1.82) is 0 Å². The number of amides is 2. The number of nitrogens with one attached hydrogen (secondary N) is 2. The molecular weight excluding hydrogens is 482 g/mol. The van der Waals surface area contributed by atoms with Crippen molar-refractivity contribution in [1.82, 2.24) is 0 Å². The fraction of sp³-hybridized carbons (Fsp3) is 0.0769. The largest absolute Gasteiger partial charge is 0.325 e. The summed E-state index contributed by atoms with van der Waals surface area (Å²) in [7, 11) is -3.79. The van der Waals surface area contributed by atoms with E-state index < -0.39 is 15.3 Å². The average Bonchev–Trinajstić information content (AvgIpc) is 2.83. The van der Waals surface area contributed by atoms with Crippen LogP contribution in [0.25, 0.3) is 10.8 Å². The van der Waals surface area contributed by atoms with E-state index in [0.717, 1.165) is 15.7 Å². The standard InChI is InChI=1S/C26H23N3O4S2/c1-17(25(30)28-21-11-13-24(14-12-21)35(27,32)33)34-23-8-4-7-22(16-23)29-26(31)20-10-9-18-5-2-3-6-19(18)15-20/h2-17H,1H3,(H,28,30)(H,29,31)(H2,27,32,33). The van der Waals surface area contributed by atoms with Crippen molar-refractivity contribution >= 4 is 55.7 Å². The van der Waals surface area contributed by atoms with Gasteiger partial charge in [0.2, 0.25) is 15.9 Å². The molecule has 4 aromatic carbocycles. The van der Waals surface area contributed by atoms with Crippen LogP contribution in [0.4, 0.5) is 11.4 Å². The van der Waals surface area contributed by atoms with E-state index in [1.165, 1.54) is 36.0 Å². The highest BCUT2D eigenvalue weighted by atomic mass is 32.2. The summed E-state index contributed by atoms with van der Waals surface area (Å²) in [5.74, 6) is -0.462. The van der Waals surface area contributed by atoms with Gasteiger partial charge in [0.05, 0.1) is 10.1 Å². The molecule has 4 rings (SSSR count). The van der Waals surface area contributed by atoms with Gasteiger partial charge in [0.1, 0.15) is 0 Å². The van der Waals surface area contributed by atoms with E-state index in [1.807, 2.05) is 54.6 Å². The van der Waals surface area contributed by atoms with E-state index in [1.54, 1.807) is 19.1 Å². The molecule has 0 aliphatic heterocycles. The number of thioether (sulfide) groups is 1. The Balaban J connectivity index is 1.38. The number of benzene rings is 4. The number of sulfonamides is 1. The van der Waals surface area contributed by atoms with Crippen molar-refractivity contribution in [2.75, 3.05) is 10.6 Å². The predicted octanol–water partition coefficient (Wildman–Crippen LogP) is 4.86. The van der Waals surface area contributed by atoms with Gasteiger partial charge in [-0.3, -0.25) is 9.59 Å². The number of nitrogens with two attached hydrogens (primary N) is 1. The molecule has 178 valence electrons. The first-order valence-corrected chi connectivity index (χ1v) is 13.1. The van der Waals surface area contributed by atoms with E-state index in [-0.39, 0.29) is 16.7 Å². The molecular formula is C26H23N3O4S2. The van der Waals surface area contributed by atoms with Crippen LogP contribution in [-0.2, 0) is 14.8 Å². The topological polar surface area (TPSA) is 118 Å². The summed E-state index contributed by atoms with van der Waals surface area (Å²) in [5, 5.41) is 12.4. The zero-order valence-corrected chi connectivity index (χ0v) is 20.4. The van der Waals surface area contributed by atoms with Crippen LogP contribution < -0.4 is 15.8 Å². The Morgan fingerprint density at radius 3 is 2.23 bits per heavy atom. The van der Waals surface area contributed by atoms with Crippen LogP contribution in [0.5, 0.6) is 0 Å². The molecule has 0 saturated carbocycles. The number of hydrogen-bond donors (Lipinski definition) is 3. The summed E-state index contributed by atoms with van der Waals surface area (Å²) in [5.41, 5.74) is 1.65. The normalized spacial score (nSPS) is 12.2. The van der Waals surface area contributed by atoms with Gasteiger partial charge in [0.15, 0.2) is 0 Å². The molecule has 4 aromatic rings. The number of rotatable bonds is 7. The molecule has 0 bridgehead atoms. The quantitative estimate of drug-likeness (QED) is 0.310. The van der Waals surface area contributed by atoms with Gasteiger partial charge >= 0.3 is 0 Å². The molecule has 1 unspecified atom stereocenters. The van der Waals surface area contributed by atoms with Crippen molar-refractivity contribution in [3.8, 4) is 0 Å². The molecule has 9 heteroatoms. The molecule has 0 aliphatic carbocycles. The van der Waals surface area contributed by atoms with E-state index >= 15 is 0 Å². The fourth-order valence-electron chi connectivity index (χ4n) is 3.41. The smallest absolute Gasteiger partial charge is 0.255 e. The highest BCUT2D eigenvalue weighted by molar-refractivity contribution is 8.00. The maximum Gasteiger partial charge on any atom is 0.255 e. The lowest BCUT2D eigenvalue weighted by atomic mass is 10.1. The van der Waals surface area contributed by atoms with Crippen LogP contribution >= 0.6 is 11.8 Å². The van der Waals surface area contributed by atoms with Gasteiger partial charge < -0.3 is 10.6 Å². The monoisotopic (exact) mass is 505 g/mol. The second-order valence-corrected chi connectivity index (χ2v) is 10.8. The highest BCUT2D eigenvalue weighted by Gasteiger charge is 2.16. The van der Waals surface area contributed by atoms with Crippen LogP contribution in [0.3, 0.4) is 0 Å². The van der Waals surface area contributed by atoms with E-state index in [0.29, 0.717) is 16.9 Å². The average molecular weight is 506 g/mol. The molecule has 4 N–H and O–H groups in total. The number of carbonyl (C=O) groups is 2. The Morgan fingerprint density at radius 2 is 1.51 bits per heavy atom. The fourth-order valence-corrected chi connectivity index (χ4v) is 4.85. The molecule has 0 aromatic heterocycles. The lowest BCUT2D eigenvalue weighted by Crippen LogP contribution is -2.22. The van der Waals surface area contributed by atoms with Crippen molar-refractivity contribution in [3.63, 3.8) is 0 Å². The maximum absolute atomic E-state index is 12.8. The van der Waals surface area contributed by atoms with Crippen LogP contribution in [0.15, 0.2) is 101 Å². The number of fused-ring (bicyclic) bond motifs is 1. The van der Waals surface area contributed by atoms with Crippen LogP contribution in [0.1, 0.15) is 17.3 Å². The Hall–Kier alpha value is -3.66. The summed E-state index contributed by atoms with van der Waals surface area (Å²) >= 11 is 1.34. The minimum atomic E-state index is -3.79. The maximum atomic E-state index is 12.8. The molecule has 7 nitrogen and oxygen atoms in total. The molecule has 0 heterocycles. The number of primary sulfonamides is 1. The van der Waals surface area contributed by atoms with Crippen LogP contribution in [0.2, 0.25) is 0 Å². The third-order valence-electron chi connectivity index (χ3n) is 5.24. The van der Waals surface area contributed by atoms with Gasteiger partial charge in [0.25, 0.3) is 5.91 Å². The molecule has 0 aliphatic rings. The van der Waals surface area contributed by atoms with Gasteiger partial charge in [0, 0.05) is 21.8 Å². The minimum Gasteiger partial charge on any atom is -0.325 e. The first-order chi connectivity index (χ1) is 16.7. The molecule has 1 atom stereocenters. The Morgan fingerprint density at radius 1 is 0.800 bits per heavy atom. The van der Waals surface area contributed by atoms with Gasteiger partial charge in [-0.1, -0.05) is 36.4 Å². The Kier molecular flexibility index (Phi) is 7.20. The first kappa shape index (κ1) is 24.5. The zero-order chi connectivity index (χ0) is 25.0. The molecule has 0 fully saturated rings. The highest BCUT2D eigenvalue weighted by Crippen LogP contribution is 2.27. The van der Waals surface area contributed by atoms with Crippen molar-refractivity contribution in [2.45, 2.75) is 22.0 Å².